The molecule has 1 amide bonds. The van der Waals surface area contributed by atoms with Crippen LogP contribution in [0.2, 0.25) is 10.2 Å². The van der Waals surface area contributed by atoms with Gasteiger partial charge in [-0.2, -0.15) is 5.10 Å². The maximum atomic E-state index is 13.2. The molecular weight excluding hydrogens is 449 g/mol. The summed E-state index contributed by atoms with van der Waals surface area (Å²) in [4.78, 5) is 17.8. The zero-order valence-corrected chi connectivity index (χ0v) is 18.5. The van der Waals surface area contributed by atoms with Crippen molar-refractivity contribution in [3.05, 3.63) is 94.0 Å². The van der Waals surface area contributed by atoms with Crippen LogP contribution in [-0.2, 0) is 0 Å². The third-order valence-corrected chi connectivity index (χ3v) is 5.91. The number of carbonyl (C=O) groups excluding carboxylic acids is 1. The molecule has 1 aliphatic rings. The largest absolute Gasteiger partial charge is 0.494 e. The number of hydrazone groups is 1. The predicted molar refractivity (Wildman–Crippen MR) is 124 cm³/mol. The number of benzene rings is 2. The van der Waals surface area contributed by atoms with Gasteiger partial charge in [0.05, 0.1) is 25.1 Å². The van der Waals surface area contributed by atoms with Crippen LogP contribution in [0.3, 0.4) is 0 Å². The van der Waals surface area contributed by atoms with Crippen LogP contribution in [0, 0.1) is 0 Å². The maximum absolute atomic E-state index is 13.2. The van der Waals surface area contributed by atoms with Gasteiger partial charge >= 0.3 is 5.91 Å². The monoisotopic (exact) mass is 465 g/mol. The normalized spacial score (nSPS) is 15.8. The lowest BCUT2D eigenvalue weighted by atomic mass is 9.98. The summed E-state index contributed by atoms with van der Waals surface area (Å²) in [6.07, 6.45) is 1.90. The number of furan rings is 1. The number of hydrogen-bond donors (Lipinski definition) is 0. The van der Waals surface area contributed by atoms with Crippen molar-refractivity contribution < 1.29 is 13.9 Å². The van der Waals surface area contributed by atoms with E-state index in [-0.39, 0.29) is 16.8 Å². The van der Waals surface area contributed by atoms with E-state index in [9.17, 15) is 4.79 Å². The molecule has 0 saturated heterocycles. The lowest BCUT2D eigenvalue weighted by Crippen LogP contribution is -2.27. The summed E-state index contributed by atoms with van der Waals surface area (Å²) in [5.41, 5.74) is 2.90. The van der Waals surface area contributed by atoms with E-state index in [1.807, 2.05) is 42.5 Å². The number of pyridine rings is 1. The molecule has 0 fully saturated rings. The van der Waals surface area contributed by atoms with E-state index in [0.717, 1.165) is 16.7 Å². The third kappa shape index (κ3) is 3.61. The summed E-state index contributed by atoms with van der Waals surface area (Å²) in [5.74, 6) is 0.457. The van der Waals surface area contributed by atoms with Crippen molar-refractivity contribution in [3.8, 4) is 5.75 Å². The van der Waals surface area contributed by atoms with Gasteiger partial charge in [-0.15, -0.1) is 0 Å². The number of rotatable bonds is 4. The highest BCUT2D eigenvalue weighted by molar-refractivity contribution is 6.31. The zero-order valence-electron chi connectivity index (χ0n) is 17.0. The SMILES string of the molecule is COc1cccc2cc([C@H]3CC(c4cccc(Cl)c4)=NN3C(=O)c3ccco3)c(Cl)nc12. The molecule has 8 heteroatoms. The van der Waals surface area contributed by atoms with Gasteiger partial charge in [0.25, 0.3) is 0 Å². The van der Waals surface area contributed by atoms with Gasteiger partial charge in [0.15, 0.2) is 5.76 Å². The van der Waals surface area contributed by atoms with Crippen LogP contribution in [0.4, 0.5) is 0 Å². The van der Waals surface area contributed by atoms with Crippen molar-refractivity contribution in [1.29, 1.82) is 0 Å². The summed E-state index contributed by atoms with van der Waals surface area (Å²) in [6.45, 7) is 0. The molecule has 0 spiro atoms. The molecule has 0 aliphatic carbocycles. The van der Waals surface area contributed by atoms with Crippen LogP contribution >= 0.6 is 23.2 Å². The van der Waals surface area contributed by atoms with Crippen molar-refractivity contribution in [1.82, 2.24) is 9.99 Å². The van der Waals surface area contributed by atoms with Crippen molar-refractivity contribution in [2.75, 3.05) is 7.11 Å². The second-order valence-corrected chi connectivity index (χ2v) is 8.10. The van der Waals surface area contributed by atoms with Gasteiger partial charge in [-0.05, 0) is 42.0 Å². The number of aromatic nitrogens is 1. The summed E-state index contributed by atoms with van der Waals surface area (Å²) in [7, 11) is 1.59. The van der Waals surface area contributed by atoms with Crippen LogP contribution in [0.1, 0.15) is 34.1 Å². The van der Waals surface area contributed by atoms with E-state index in [1.165, 1.54) is 11.3 Å². The van der Waals surface area contributed by atoms with E-state index >= 15 is 0 Å². The van der Waals surface area contributed by atoms with Crippen molar-refractivity contribution in [2.45, 2.75) is 12.5 Å². The van der Waals surface area contributed by atoms with E-state index < -0.39 is 6.04 Å². The first-order valence-corrected chi connectivity index (χ1v) is 10.6. The van der Waals surface area contributed by atoms with Gasteiger partial charge < -0.3 is 9.15 Å². The highest BCUT2D eigenvalue weighted by Gasteiger charge is 2.36. The Morgan fingerprint density at radius 1 is 1.12 bits per heavy atom. The number of amides is 1. The number of para-hydroxylation sites is 1. The quantitative estimate of drug-likeness (QED) is 0.339. The number of fused-ring (bicyclic) bond motifs is 1. The van der Waals surface area contributed by atoms with E-state index in [4.69, 9.17) is 32.4 Å². The molecule has 0 radical (unpaired) electrons. The van der Waals surface area contributed by atoms with Crippen LogP contribution in [0.25, 0.3) is 10.9 Å². The fraction of sp³-hybridized carbons (Fsp3) is 0.125. The van der Waals surface area contributed by atoms with Crippen LogP contribution in [0.15, 0.2) is 76.4 Å². The fourth-order valence-electron chi connectivity index (χ4n) is 3.86. The van der Waals surface area contributed by atoms with E-state index in [1.54, 1.807) is 25.3 Å². The number of ether oxygens (including phenoxy) is 1. The Balaban J connectivity index is 1.61. The molecule has 1 aliphatic heterocycles. The van der Waals surface area contributed by atoms with Crippen molar-refractivity contribution in [3.63, 3.8) is 0 Å². The second kappa shape index (κ2) is 8.30. The molecule has 5 rings (SSSR count). The zero-order chi connectivity index (χ0) is 22.2. The molecule has 32 heavy (non-hydrogen) atoms. The first-order chi connectivity index (χ1) is 15.5. The minimum atomic E-state index is -0.461. The Morgan fingerprint density at radius 2 is 1.97 bits per heavy atom. The highest BCUT2D eigenvalue weighted by atomic mass is 35.5. The average molecular weight is 466 g/mol. The Kier molecular flexibility index (Phi) is 5.33. The first-order valence-electron chi connectivity index (χ1n) is 9.89. The van der Waals surface area contributed by atoms with Gasteiger partial charge in [0.1, 0.15) is 16.4 Å². The maximum Gasteiger partial charge on any atom is 0.310 e. The molecule has 0 unspecified atom stereocenters. The van der Waals surface area contributed by atoms with Crippen LogP contribution in [-0.4, -0.2) is 28.7 Å². The Morgan fingerprint density at radius 3 is 2.72 bits per heavy atom. The lowest BCUT2D eigenvalue weighted by molar-refractivity contribution is 0.0678. The number of methoxy groups -OCH3 is 1. The third-order valence-electron chi connectivity index (χ3n) is 5.38. The number of nitrogens with zero attached hydrogens (tertiary/aromatic N) is 3. The molecule has 1 atom stereocenters. The number of carbonyl (C=O) groups is 1. The number of hydrogen-bond acceptors (Lipinski definition) is 5. The molecule has 160 valence electrons. The summed E-state index contributed by atoms with van der Waals surface area (Å²) in [5, 5.41) is 7.77. The van der Waals surface area contributed by atoms with Gasteiger partial charge in [-0.3, -0.25) is 4.79 Å². The van der Waals surface area contributed by atoms with Gasteiger partial charge in [0, 0.05) is 22.4 Å². The second-order valence-electron chi connectivity index (χ2n) is 7.30. The Bertz CT molecular complexity index is 1350. The minimum absolute atomic E-state index is 0.192. The lowest BCUT2D eigenvalue weighted by Gasteiger charge is -2.22. The molecule has 2 aromatic carbocycles. The summed E-state index contributed by atoms with van der Waals surface area (Å²) in [6, 6.07) is 17.8. The molecule has 6 nitrogen and oxygen atoms in total. The smallest absolute Gasteiger partial charge is 0.310 e. The molecule has 3 heterocycles. The van der Waals surface area contributed by atoms with Crippen LogP contribution < -0.4 is 4.74 Å². The van der Waals surface area contributed by atoms with Gasteiger partial charge in [-0.1, -0.05) is 47.5 Å². The fourth-order valence-corrected chi connectivity index (χ4v) is 4.31. The molecule has 0 bridgehead atoms. The highest BCUT2D eigenvalue weighted by Crippen LogP contribution is 2.39. The molecule has 0 N–H and O–H groups in total. The molecular formula is C24H17Cl2N3O3. The topological polar surface area (TPSA) is 67.9 Å². The minimum Gasteiger partial charge on any atom is -0.494 e. The van der Waals surface area contributed by atoms with Crippen LogP contribution in [0.5, 0.6) is 5.75 Å². The number of halogens is 2. The van der Waals surface area contributed by atoms with Crippen molar-refractivity contribution in [2.24, 2.45) is 5.10 Å². The van der Waals surface area contributed by atoms with E-state index in [2.05, 4.69) is 10.1 Å². The first kappa shape index (κ1) is 20.5. The summed E-state index contributed by atoms with van der Waals surface area (Å²) < 4.78 is 10.7. The predicted octanol–water partition coefficient (Wildman–Crippen LogP) is 6.13. The standard InChI is InChI=1S/C24H17Cl2N3O3/c1-31-20-8-3-6-15-12-17(23(26)27-22(15)20)19-13-18(14-5-2-7-16(25)11-14)28-29(19)24(30)21-9-4-10-32-21/h2-12,19H,13H2,1H3/t19-/m1/s1. The van der Waals surface area contributed by atoms with Gasteiger partial charge in [0.2, 0.25) is 0 Å². The molecule has 2 aromatic heterocycles. The molecule has 4 aromatic rings. The Hall–Kier alpha value is -3.35. The summed E-state index contributed by atoms with van der Waals surface area (Å²) >= 11 is 12.8. The molecule has 0 saturated carbocycles. The van der Waals surface area contributed by atoms with Crippen molar-refractivity contribution >= 4 is 45.7 Å². The van der Waals surface area contributed by atoms with Gasteiger partial charge in [-0.25, -0.2) is 9.99 Å². The average Bonchev–Trinajstić information content (AvgIpc) is 3.48. The Labute approximate surface area is 194 Å². The van der Waals surface area contributed by atoms with E-state index in [0.29, 0.717) is 28.3 Å².